The van der Waals surface area contributed by atoms with Crippen LogP contribution >= 0.6 is 27.5 Å². The number of hydrogen-bond acceptors (Lipinski definition) is 4. The Morgan fingerprint density at radius 2 is 1.53 bits per heavy atom. The summed E-state index contributed by atoms with van der Waals surface area (Å²) in [5.74, 6) is -0.880. The molecule has 0 fully saturated rings. The van der Waals surface area contributed by atoms with Gasteiger partial charge in [0.15, 0.2) is 6.61 Å². The van der Waals surface area contributed by atoms with E-state index in [1.54, 1.807) is 6.07 Å². The molecular formula is C25H24BrClN2O3. The number of aryl methyl sites for hydroxylation is 1. The Kier molecular flexibility index (Phi) is 8.85. The first-order valence-electron chi connectivity index (χ1n) is 10.1. The second kappa shape index (κ2) is 11.8. The summed E-state index contributed by atoms with van der Waals surface area (Å²) in [7, 11) is 0. The maximum Gasteiger partial charge on any atom is 0.320 e. The van der Waals surface area contributed by atoms with Crippen LogP contribution < -0.4 is 5.32 Å². The Labute approximate surface area is 201 Å². The van der Waals surface area contributed by atoms with Gasteiger partial charge in [-0.05, 0) is 51.7 Å². The van der Waals surface area contributed by atoms with E-state index in [1.807, 2.05) is 78.6 Å². The number of anilines is 1. The Hall–Kier alpha value is -2.67. The van der Waals surface area contributed by atoms with E-state index >= 15 is 0 Å². The number of ether oxygens (including phenoxy) is 1. The predicted octanol–water partition coefficient (Wildman–Crippen LogP) is 5.60. The van der Waals surface area contributed by atoms with Crippen molar-refractivity contribution in [2.75, 3.05) is 18.5 Å². The molecule has 0 aliphatic carbocycles. The molecule has 0 heterocycles. The second-order valence-electron chi connectivity index (χ2n) is 7.41. The number of carbonyl (C=O) groups excluding carboxylic acids is 2. The van der Waals surface area contributed by atoms with Crippen molar-refractivity contribution < 1.29 is 14.3 Å². The summed E-state index contributed by atoms with van der Waals surface area (Å²) in [5.41, 5.74) is 3.61. The summed E-state index contributed by atoms with van der Waals surface area (Å²) in [4.78, 5) is 26.8. The number of carbonyl (C=O) groups is 2. The number of benzene rings is 3. The number of esters is 1. The largest absolute Gasteiger partial charge is 0.455 e. The van der Waals surface area contributed by atoms with Gasteiger partial charge in [-0.15, -0.1) is 0 Å². The fourth-order valence-corrected chi connectivity index (χ4v) is 3.81. The first-order chi connectivity index (χ1) is 15.4. The van der Waals surface area contributed by atoms with Crippen molar-refractivity contribution in [3.8, 4) is 0 Å². The molecule has 3 aromatic carbocycles. The Balaban J connectivity index is 1.57. The van der Waals surface area contributed by atoms with Gasteiger partial charge in [0.05, 0.1) is 11.6 Å². The highest BCUT2D eigenvalue weighted by molar-refractivity contribution is 9.10. The van der Waals surface area contributed by atoms with Gasteiger partial charge in [0.25, 0.3) is 5.91 Å². The molecule has 0 aromatic heterocycles. The Bertz CT molecular complexity index is 1020. The van der Waals surface area contributed by atoms with Crippen molar-refractivity contribution in [2.45, 2.75) is 20.0 Å². The van der Waals surface area contributed by atoms with E-state index in [0.717, 1.165) is 21.2 Å². The molecular weight excluding hydrogens is 492 g/mol. The van der Waals surface area contributed by atoms with Crippen molar-refractivity contribution in [2.24, 2.45) is 0 Å². The summed E-state index contributed by atoms with van der Waals surface area (Å²) < 4.78 is 5.99. The molecule has 0 radical (unpaired) electrons. The maximum atomic E-state index is 12.5. The number of halogens is 2. The molecule has 0 aliphatic rings. The van der Waals surface area contributed by atoms with E-state index in [1.165, 1.54) is 0 Å². The lowest BCUT2D eigenvalue weighted by Crippen LogP contribution is -2.32. The number of nitrogens with one attached hydrogen (secondary N) is 1. The topological polar surface area (TPSA) is 58.6 Å². The third-order valence-corrected chi connectivity index (χ3v) is 5.95. The van der Waals surface area contributed by atoms with Crippen LogP contribution in [0, 0.1) is 6.92 Å². The number of rotatable bonds is 9. The highest BCUT2D eigenvalue weighted by Gasteiger charge is 2.15. The quantitative estimate of drug-likeness (QED) is 0.377. The Morgan fingerprint density at radius 1 is 0.969 bits per heavy atom. The first-order valence-corrected chi connectivity index (χ1v) is 11.3. The monoisotopic (exact) mass is 514 g/mol. The minimum atomic E-state index is -0.461. The van der Waals surface area contributed by atoms with E-state index in [4.69, 9.17) is 16.3 Å². The third kappa shape index (κ3) is 7.48. The van der Waals surface area contributed by atoms with Gasteiger partial charge in [-0.25, -0.2) is 0 Å². The smallest absolute Gasteiger partial charge is 0.320 e. The van der Waals surface area contributed by atoms with Crippen LogP contribution in [0.1, 0.15) is 16.7 Å². The SMILES string of the molecule is Cc1cc(Br)c(Cl)cc1NC(=O)COC(=O)CN(Cc1ccccc1)Cc1ccccc1. The second-order valence-corrected chi connectivity index (χ2v) is 8.67. The molecule has 0 aliphatic heterocycles. The minimum absolute atomic E-state index is 0.0697. The lowest BCUT2D eigenvalue weighted by atomic mass is 10.1. The summed E-state index contributed by atoms with van der Waals surface area (Å²) in [6.07, 6.45) is 0. The summed E-state index contributed by atoms with van der Waals surface area (Å²) in [6, 6.07) is 23.3. The van der Waals surface area contributed by atoms with Crippen LogP contribution in [0.3, 0.4) is 0 Å². The average molecular weight is 516 g/mol. The van der Waals surface area contributed by atoms with Gasteiger partial charge >= 0.3 is 5.97 Å². The van der Waals surface area contributed by atoms with Gasteiger partial charge < -0.3 is 10.1 Å². The van der Waals surface area contributed by atoms with Crippen LogP contribution in [0.25, 0.3) is 0 Å². The molecule has 3 rings (SSSR count). The molecule has 32 heavy (non-hydrogen) atoms. The van der Waals surface area contributed by atoms with Crippen molar-refractivity contribution >= 4 is 45.1 Å². The van der Waals surface area contributed by atoms with Crippen LogP contribution in [0.2, 0.25) is 5.02 Å². The standard InChI is InChI=1S/C25H24BrClN2O3/c1-18-12-21(26)22(27)13-23(18)28-24(30)17-32-25(31)16-29(14-19-8-4-2-5-9-19)15-20-10-6-3-7-11-20/h2-13H,14-17H2,1H3,(H,28,30). The summed E-state index contributed by atoms with van der Waals surface area (Å²) in [5, 5.41) is 3.22. The van der Waals surface area contributed by atoms with Gasteiger partial charge in [0, 0.05) is 23.2 Å². The average Bonchev–Trinajstić information content (AvgIpc) is 2.77. The van der Waals surface area contributed by atoms with Gasteiger partial charge in [-0.2, -0.15) is 0 Å². The number of amides is 1. The summed E-state index contributed by atoms with van der Waals surface area (Å²) >= 11 is 9.45. The van der Waals surface area contributed by atoms with Gasteiger partial charge in [-0.1, -0.05) is 72.3 Å². The van der Waals surface area contributed by atoms with Crippen LogP contribution in [0.15, 0.2) is 77.3 Å². The van der Waals surface area contributed by atoms with E-state index < -0.39 is 11.9 Å². The molecule has 3 aromatic rings. The molecule has 0 atom stereocenters. The minimum Gasteiger partial charge on any atom is -0.455 e. The van der Waals surface area contributed by atoms with E-state index in [2.05, 4.69) is 21.2 Å². The van der Waals surface area contributed by atoms with E-state index in [-0.39, 0.29) is 13.2 Å². The van der Waals surface area contributed by atoms with Crippen molar-refractivity contribution in [1.29, 1.82) is 0 Å². The van der Waals surface area contributed by atoms with Crippen LogP contribution in [0.5, 0.6) is 0 Å². The molecule has 166 valence electrons. The highest BCUT2D eigenvalue weighted by Crippen LogP contribution is 2.28. The normalized spacial score (nSPS) is 10.8. The zero-order valence-corrected chi connectivity index (χ0v) is 20.0. The zero-order valence-electron chi connectivity index (χ0n) is 17.7. The molecule has 0 saturated carbocycles. The van der Waals surface area contributed by atoms with Crippen molar-refractivity contribution in [3.63, 3.8) is 0 Å². The van der Waals surface area contributed by atoms with Crippen LogP contribution in [-0.4, -0.2) is 29.9 Å². The molecule has 7 heteroatoms. The first kappa shape index (κ1) is 24.0. The van der Waals surface area contributed by atoms with Crippen LogP contribution in [0.4, 0.5) is 5.69 Å². The molecule has 0 bridgehead atoms. The van der Waals surface area contributed by atoms with Gasteiger partial charge in [0.2, 0.25) is 0 Å². The molecule has 1 N–H and O–H groups in total. The highest BCUT2D eigenvalue weighted by atomic mass is 79.9. The number of nitrogens with zero attached hydrogens (tertiary/aromatic N) is 1. The molecule has 5 nitrogen and oxygen atoms in total. The van der Waals surface area contributed by atoms with Crippen LogP contribution in [-0.2, 0) is 27.4 Å². The van der Waals surface area contributed by atoms with Crippen molar-refractivity contribution in [1.82, 2.24) is 4.90 Å². The lowest BCUT2D eigenvalue weighted by Gasteiger charge is -2.21. The van der Waals surface area contributed by atoms with Gasteiger partial charge in [0.1, 0.15) is 0 Å². The van der Waals surface area contributed by atoms with E-state index in [0.29, 0.717) is 23.8 Å². The van der Waals surface area contributed by atoms with E-state index in [9.17, 15) is 9.59 Å². The number of hydrogen-bond donors (Lipinski definition) is 1. The molecule has 0 saturated heterocycles. The Morgan fingerprint density at radius 3 is 2.09 bits per heavy atom. The maximum absolute atomic E-state index is 12.5. The van der Waals surface area contributed by atoms with Gasteiger partial charge in [-0.3, -0.25) is 14.5 Å². The molecule has 0 spiro atoms. The van der Waals surface area contributed by atoms with Crippen molar-refractivity contribution in [3.05, 3.63) is 99.0 Å². The fraction of sp³-hybridized carbons (Fsp3) is 0.200. The third-order valence-electron chi connectivity index (χ3n) is 4.76. The lowest BCUT2D eigenvalue weighted by molar-refractivity contribution is -0.148. The summed E-state index contributed by atoms with van der Waals surface area (Å²) in [6.45, 7) is 2.74. The molecule has 1 amide bonds. The molecule has 0 unspecified atom stereocenters. The zero-order chi connectivity index (χ0) is 22.9. The predicted molar refractivity (Wildman–Crippen MR) is 130 cm³/mol. The fourth-order valence-electron chi connectivity index (χ4n) is 3.19.